The predicted molar refractivity (Wildman–Crippen MR) is 72.9 cm³/mol. The minimum atomic E-state index is 0.673. The number of aryl methyl sites for hydroxylation is 1. The molecule has 2 aliphatic rings. The molecule has 94 valence electrons. The monoisotopic (exact) mass is 251 g/mol. The smallest absolute Gasteiger partial charge is 0.185 e. The number of nitrogens with one attached hydrogen (secondary N) is 1. The van der Waals surface area contributed by atoms with Crippen LogP contribution in [0.3, 0.4) is 0 Å². The van der Waals surface area contributed by atoms with Crippen LogP contribution in [0, 0.1) is 0 Å². The molecule has 0 aromatic carbocycles. The zero-order chi connectivity index (χ0) is 11.7. The maximum absolute atomic E-state index is 4.72. The first-order chi connectivity index (χ1) is 8.36. The second kappa shape index (κ2) is 4.94. The van der Waals surface area contributed by atoms with Gasteiger partial charge in [0, 0.05) is 30.6 Å². The quantitative estimate of drug-likeness (QED) is 0.871. The average Bonchev–Trinajstić information content (AvgIpc) is 2.89. The highest BCUT2D eigenvalue weighted by Gasteiger charge is 2.29. The summed E-state index contributed by atoms with van der Waals surface area (Å²) in [6.07, 6.45) is 6.45. The summed E-state index contributed by atoms with van der Waals surface area (Å²) in [6.45, 7) is 4.51. The lowest BCUT2D eigenvalue weighted by atomic mass is 10.2. The van der Waals surface area contributed by atoms with Crippen LogP contribution >= 0.6 is 11.3 Å². The molecule has 3 nitrogen and oxygen atoms in total. The molecular formula is C13H21N3S. The van der Waals surface area contributed by atoms with Crippen LogP contribution in [0.4, 0.5) is 5.13 Å². The van der Waals surface area contributed by atoms with E-state index >= 15 is 0 Å². The molecule has 1 aromatic rings. The van der Waals surface area contributed by atoms with Crippen LogP contribution in [0.1, 0.15) is 38.3 Å². The zero-order valence-corrected chi connectivity index (χ0v) is 11.3. The van der Waals surface area contributed by atoms with E-state index < -0.39 is 0 Å². The van der Waals surface area contributed by atoms with Gasteiger partial charge in [-0.2, -0.15) is 0 Å². The molecule has 4 heteroatoms. The Morgan fingerprint density at radius 3 is 3.06 bits per heavy atom. The molecule has 1 saturated carbocycles. The van der Waals surface area contributed by atoms with E-state index in [4.69, 9.17) is 4.98 Å². The largest absolute Gasteiger partial charge is 0.344 e. The first-order valence-corrected chi connectivity index (χ1v) is 7.69. The van der Waals surface area contributed by atoms with Crippen LogP contribution in [0.25, 0.3) is 0 Å². The van der Waals surface area contributed by atoms with E-state index in [1.165, 1.54) is 43.1 Å². The maximum atomic E-state index is 4.72. The third-order valence-electron chi connectivity index (χ3n) is 3.74. The number of aromatic nitrogens is 1. The number of rotatable bonds is 5. The Balaban J connectivity index is 1.63. The van der Waals surface area contributed by atoms with E-state index in [1.807, 2.05) is 11.3 Å². The van der Waals surface area contributed by atoms with Crippen LogP contribution in [0.5, 0.6) is 0 Å². The molecule has 17 heavy (non-hydrogen) atoms. The minimum absolute atomic E-state index is 0.673. The molecule has 1 unspecified atom stereocenters. The molecule has 1 aliphatic heterocycles. The fourth-order valence-electron chi connectivity index (χ4n) is 2.48. The lowest BCUT2D eigenvalue weighted by Crippen LogP contribution is -2.38. The zero-order valence-electron chi connectivity index (χ0n) is 10.5. The molecule has 0 amide bonds. The van der Waals surface area contributed by atoms with Crippen LogP contribution < -0.4 is 10.2 Å². The first kappa shape index (κ1) is 11.5. The van der Waals surface area contributed by atoms with Crippen molar-refractivity contribution in [1.82, 2.24) is 10.3 Å². The molecule has 3 rings (SSSR count). The third-order valence-corrected chi connectivity index (χ3v) is 4.67. The summed E-state index contributed by atoms with van der Waals surface area (Å²) in [5, 5.41) is 7.10. The lowest BCUT2D eigenvalue weighted by Gasteiger charge is -2.24. The Morgan fingerprint density at radius 2 is 2.35 bits per heavy atom. The third kappa shape index (κ3) is 2.63. The topological polar surface area (TPSA) is 28.2 Å². The molecule has 1 aliphatic carbocycles. The van der Waals surface area contributed by atoms with Gasteiger partial charge in [-0.3, -0.25) is 0 Å². The number of thiazole rings is 1. The normalized spacial score (nSPS) is 24.5. The van der Waals surface area contributed by atoms with Crippen LogP contribution in [0.15, 0.2) is 5.38 Å². The molecule has 1 atom stereocenters. The Morgan fingerprint density at radius 1 is 1.47 bits per heavy atom. The highest BCUT2D eigenvalue weighted by molar-refractivity contribution is 7.13. The van der Waals surface area contributed by atoms with E-state index in [9.17, 15) is 0 Å². The molecule has 1 aromatic heterocycles. The Kier molecular flexibility index (Phi) is 3.34. The van der Waals surface area contributed by atoms with Crippen molar-refractivity contribution in [2.45, 2.75) is 51.1 Å². The highest BCUT2D eigenvalue weighted by Crippen LogP contribution is 2.29. The summed E-state index contributed by atoms with van der Waals surface area (Å²) in [4.78, 5) is 7.23. The van der Waals surface area contributed by atoms with Gasteiger partial charge in [-0.15, -0.1) is 11.3 Å². The molecule has 0 spiro atoms. The van der Waals surface area contributed by atoms with Crippen molar-refractivity contribution in [3.8, 4) is 0 Å². The fraction of sp³-hybridized carbons (Fsp3) is 0.769. The molecule has 2 heterocycles. The highest BCUT2D eigenvalue weighted by atomic mass is 32.1. The van der Waals surface area contributed by atoms with Gasteiger partial charge in [0.05, 0.1) is 5.69 Å². The van der Waals surface area contributed by atoms with E-state index in [0.29, 0.717) is 6.04 Å². The van der Waals surface area contributed by atoms with Crippen molar-refractivity contribution in [3.63, 3.8) is 0 Å². The number of hydrogen-bond acceptors (Lipinski definition) is 4. The van der Waals surface area contributed by atoms with E-state index in [-0.39, 0.29) is 0 Å². The summed E-state index contributed by atoms with van der Waals surface area (Å²) in [7, 11) is 0. The second-order valence-corrected chi connectivity index (χ2v) is 5.98. The Hall–Kier alpha value is -0.610. The second-order valence-electron chi connectivity index (χ2n) is 5.15. The molecule has 0 radical (unpaired) electrons. The van der Waals surface area contributed by atoms with Gasteiger partial charge in [0.15, 0.2) is 5.13 Å². The summed E-state index contributed by atoms with van der Waals surface area (Å²) >= 11 is 1.81. The summed E-state index contributed by atoms with van der Waals surface area (Å²) in [6, 6.07) is 1.49. The Bertz CT molecular complexity index is 372. The number of hydrogen-bond donors (Lipinski definition) is 1. The van der Waals surface area contributed by atoms with Crippen molar-refractivity contribution >= 4 is 16.5 Å². The van der Waals surface area contributed by atoms with Crippen molar-refractivity contribution < 1.29 is 0 Å². The van der Waals surface area contributed by atoms with Crippen molar-refractivity contribution in [1.29, 1.82) is 0 Å². The van der Waals surface area contributed by atoms with Gasteiger partial charge in [0.1, 0.15) is 0 Å². The average molecular weight is 251 g/mol. The number of anilines is 1. The summed E-state index contributed by atoms with van der Waals surface area (Å²) in [5.74, 6) is 0. The first-order valence-electron chi connectivity index (χ1n) is 6.81. The maximum Gasteiger partial charge on any atom is 0.185 e. The van der Waals surface area contributed by atoms with Crippen LogP contribution in [0.2, 0.25) is 0 Å². The van der Waals surface area contributed by atoms with Gasteiger partial charge in [0.2, 0.25) is 0 Å². The lowest BCUT2D eigenvalue weighted by molar-refractivity contribution is 0.570. The van der Waals surface area contributed by atoms with Crippen molar-refractivity contribution in [2.24, 2.45) is 0 Å². The van der Waals surface area contributed by atoms with E-state index in [1.54, 1.807) is 0 Å². The Labute approximate surface area is 107 Å². The van der Waals surface area contributed by atoms with Gasteiger partial charge in [-0.1, -0.05) is 6.92 Å². The van der Waals surface area contributed by atoms with E-state index in [0.717, 1.165) is 19.0 Å². The van der Waals surface area contributed by atoms with Gasteiger partial charge in [-0.05, 0) is 32.1 Å². The molecule has 0 bridgehead atoms. The van der Waals surface area contributed by atoms with Crippen molar-refractivity contribution in [2.75, 3.05) is 18.0 Å². The summed E-state index contributed by atoms with van der Waals surface area (Å²) in [5.41, 5.74) is 1.24. The van der Waals surface area contributed by atoms with E-state index in [2.05, 4.69) is 22.5 Å². The SMILES string of the molecule is CCc1csc(N2CCCC2CNC2CC2)n1. The minimum Gasteiger partial charge on any atom is -0.344 e. The standard InChI is InChI=1S/C13H21N3S/c1-2-10-9-17-13(15-10)16-7-3-4-12(16)8-14-11-5-6-11/h9,11-12,14H,2-8H2,1H3. The van der Waals surface area contributed by atoms with Gasteiger partial charge < -0.3 is 10.2 Å². The molecular weight excluding hydrogens is 230 g/mol. The number of nitrogens with zero attached hydrogens (tertiary/aromatic N) is 2. The fourth-order valence-corrected chi connectivity index (χ4v) is 3.49. The van der Waals surface area contributed by atoms with Gasteiger partial charge in [0.25, 0.3) is 0 Å². The van der Waals surface area contributed by atoms with Gasteiger partial charge >= 0.3 is 0 Å². The predicted octanol–water partition coefficient (Wildman–Crippen LogP) is 2.43. The molecule has 1 saturated heterocycles. The van der Waals surface area contributed by atoms with Crippen LogP contribution in [-0.2, 0) is 6.42 Å². The molecule has 1 N–H and O–H groups in total. The van der Waals surface area contributed by atoms with Crippen molar-refractivity contribution in [3.05, 3.63) is 11.1 Å². The van der Waals surface area contributed by atoms with Gasteiger partial charge in [-0.25, -0.2) is 4.98 Å². The summed E-state index contributed by atoms with van der Waals surface area (Å²) < 4.78 is 0. The van der Waals surface area contributed by atoms with Crippen LogP contribution in [-0.4, -0.2) is 30.2 Å². The molecule has 2 fully saturated rings.